The van der Waals surface area contributed by atoms with E-state index in [0.29, 0.717) is 18.1 Å². The number of hydrogen-bond acceptors (Lipinski definition) is 3. The number of phenolic OH excluding ortho intramolecular Hbond substituents is 1. The normalized spacial score (nSPS) is 9.69. The molecule has 0 aliphatic carbocycles. The number of ether oxygens (including phenoxy) is 2. The van der Waals surface area contributed by atoms with E-state index < -0.39 is 0 Å². The highest BCUT2D eigenvalue weighted by molar-refractivity contribution is 5.44. The van der Waals surface area contributed by atoms with Crippen LogP contribution in [-0.2, 0) is 0 Å². The van der Waals surface area contributed by atoms with Crippen LogP contribution in [0.3, 0.4) is 0 Å². The lowest BCUT2D eigenvalue weighted by Gasteiger charge is -2.07. The lowest BCUT2D eigenvalue weighted by Crippen LogP contribution is -1.94. The molecule has 1 aromatic carbocycles. The fraction of sp³-hybridized carbons (Fsp3) is 0.400. The standard InChI is InChI=1S/C10H14O3/c1-3-6-13-8-4-5-10(12-2)9(11)7-8/h4-5,7,11H,3,6H2,1-2H3. The lowest BCUT2D eigenvalue weighted by atomic mass is 10.3. The van der Waals surface area contributed by atoms with Gasteiger partial charge in [0, 0.05) is 6.07 Å². The molecular weight excluding hydrogens is 168 g/mol. The van der Waals surface area contributed by atoms with Crippen molar-refractivity contribution in [2.45, 2.75) is 13.3 Å². The van der Waals surface area contributed by atoms with Gasteiger partial charge in [-0.3, -0.25) is 0 Å². The molecule has 3 heteroatoms. The Morgan fingerprint density at radius 1 is 1.38 bits per heavy atom. The van der Waals surface area contributed by atoms with Crippen LogP contribution in [0.4, 0.5) is 0 Å². The largest absolute Gasteiger partial charge is 0.504 e. The zero-order valence-electron chi connectivity index (χ0n) is 7.91. The molecule has 0 spiro atoms. The number of benzene rings is 1. The third kappa shape index (κ3) is 2.54. The van der Waals surface area contributed by atoms with Crippen LogP contribution >= 0.6 is 0 Å². The van der Waals surface area contributed by atoms with Crippen molar-refractivity contribution in [2.75, 3.05) is 13.7 Å². The summed E-state index contributed by atoms with van der Waals surface area (Å²) in [5.74, 6) is 1.24. The summed E-state index contributed by atoms with van der Waals surface area (Å²) in [5.41, 5.74) is 0. The summed E-state index contributed by atoms with van der Waals surface area (Å²) in [5, 5.41) is 9.39. The van der Waals surface area contributed by atoms with Crippen molar-refractivity contribution in [1.29, 1.82) is 0 Å². The van der Waals surface area contributed by atoms with Gasteiger partial charge < -0.3 is 14.6 Å². The van der Waals surface area contributed by atoms with Crippen LogP contribution in [0.2, 0.25) is 0 Å². The highest BCUT2D eigenvalue weighted by atomic mass is 16.5. The molecule has 0 radical (unpaired) electrons. The van der Waals surface area contributed by atoms with Crippen molar-refractivity contribution in [2.24, 2.45) is 0 Å². The molecule has 0 amide bonds. The van der Waals surface area contributed by atoms with E-state index in [0.717, 1.165) is 6.42 Å². The van der Waals surface area contributed by atoms with Gasteiger partial charge in [-0.15, -0.1) is 0 Å². The van der Waals surface area contributed by atoms with Crippen molar-refractivity contribution in [3.05, 3.63) is 18.2 Å². The van der Waals surface area contributed by atoms with Crippen molar-refractivity contribution < 1.29 is 14.6 Å². The quantitative estimate of drug-likeness (QED) is 0.775. The van der Waals surface area contributed by atoms with Crippen molar-refractivity contribution in [3.8, 4) is 17.2 Å². The minimum absolute atomic E-state index is 0.108. The first-order valence-electron chi connectivity index (χ1n) is 4.27. The second kappa shape index (κ2) is 4.60. The van der Waals surface area contributed by atoms with Gasteiger partial charge in [0.1, 0.15) is 5.75 Å². The maximum absolute atomic E-state index is 9.39. The van der Waals surface area contributed by atoms with Crippen LogP contribution in [0, 0.1) is 0 Å². The Hall–Kier alpha value is -1.38. The van der Waals surface area contributed by atoms with Crippen LogP contribution in [0.25, 0.3) is 0 Å². The molecule has 72 valence electrons. The van der Waals surface area contributed by atoms with Crippen molar-refractivity contribution in [1.82, 2.24) is 0 Å². The van der Waals surface area contributed by atoms with Crippen molar-refractivity contribution >= 4 is 0 Å². The van der Waals surface area contributed by atoms with E-state index >= 15 is 0 Å². The van der Waals surface area contributed by atoms with E-state index in [2.05, 4.69) is 0 Å². The Kier molecular flexibility index (Phi) is 3.43. The minimum Gasteiger partial charge on any atom is -0.504 e. The van der Waals surface area contributed by atoms with Crippen molar-refractivity contribution in [3.63, 3.8) is 0 Å². The van der Waals surface area contributed by atoms with Gasteiger partial charge in [-0.1, -0.05) is 6.92 Å². The highest BCUT2D eigenvalue weighted by Gasteiger charge is 2.02. The van der Waals surface area contributed by atoms with E-state index in [1.165, 1.54) is 7.11 Å². The Morgan fingerprint density at radius 3 is 2.69 bits per heavy atom. The van der Waals surface area contributed by atoms with Gasteiger partial charge in [0.25, 0.3) is 0 Å². The molecule has 13 heavy (non-hydrogen) atoms. The summed E-state index contributed by atoms with van der Waals surface area (Å²) < 4.78 is 10.2. The van der Waals surface area contributed by atoms with Gasteiger partial charge >= 0.3 is 0 Å². The minimum atomic E-state index is 0.108. The van der Waals surface area contributed by atoms with Gasteiger partial charge in [0.15, 0.2) is 11.5 Å². The van der Waals surface area contributed by atoms with Crippen LogP contribution < -0.4 is 9.47 Å². The predicted octanol–water partition coefficient (Wildman–Crippen LogP) is 2.19. The zero-order valence-corrected chi connectivity index (χ0v) is 7.91. The number of phenols is 1. The molecular formula is C10H14O3. The van der Waals surface area contributed by atoms with Gasteiger partial charge in [-0.05, 0) is 18.6 Å². The van der Waals surface area contributed by atoms with Crippen LogP contribution in [0.15, 0.2) is 18.2 Å². The van der Waals surface area contributed by atoms with E-state index in [1.54, 1.807) is 18.2 Å². The summed E-state index contributed by atoms with van der Waals surface area (Å²) >= 11 is 0. The third-order valence-electron chi connectivity index (χ3n) is 1.62. The lowest BCUT2D eigenvalue weighted by molar-refractivity contribution is 0.312. The number of aromatic hydroxyl groups is 1. The van der Waals surface area contributed by atoms with Gasteiger partial charge in [-0.25, -0.2) is 0 Å². The maximum atomic E-state index is 9.39. The second-order valence-electron chi connectivity index (χ2n) is 2.68. The van der Waals surface area contributed by atoms with E-state index in [9.17, 15) is 5.11 Å². The molecule has 1 rings (SSSR count). The molecule has 3 nitrogen and oxygen atoms in total. The highest BCUT2D eigenvalue weighted by Crippen LogP contribution is 2.29. The van der Waals surface area contributed by atoms with Gasteiger partial charge in [0.05, 0.1) is 13.7 Å². The first kappa shape index (κ1) is 9.71. The van der Waals surface area contributed by atoms with Crippen LogP contribution in [-0.4, -0.2) is 18.8 Å². The average Bonchev–Trinajstić information content (AvgIpc) is 2.15. The summed E-state index contributed by atoms with van der Waals surface area (Å²) in [6, 6.07) is 5.00. The predicted molar refractivity (Wildman–Crippen MR) is 50.4 cm³/mol. The average molecular weight is 182 g/mol. The molecule has 0 atom stereocenters. The molecule has 0 heterocycles. The third-order valence-corrected chi connectivity index (χ3v) is 1.62. The molecule has 0 aromatic heterocycles. The Labute approximate surface area is 77.9 Å². The fourth-order valence-corrected chi connectivity index (χ4v) is 0.979. The monoisotopic (exact) mass is 182 g/mol. The van der Waals surface area contributed by atoms with E-state index in [1.807, 2.05) is 6.92 Å². The molecule has 0 fully saturated rings. The van der Waals surface area contributed by atoms with E-state index in [4.69, 9.17) is 9.47 Å². The molecule has 0 aliphatic rings. The molecule has 0 unspecified atom stereocenters. The number of hydrogen-bond donors (Lipinski definition) is 1. The maximum Gasteiger partial charge on any atom is 0.161 e. The molecule has 1 aromatic rings. The Morgan fingerprint density at radius 2 is 2.15 bits per heavy atom. The smallest absolute Gasteiger partial charge is 0.161 e. The number of methoxy groups -OCH3 is 1. The second-order valence-corrected chi connectivity index (χ2v) is 2.68. The summed E-state index contributed by atoms with van der Waals surface area (Å²) in [6.07, 6.45) is 0.951. The summed E-state index contributed by atoms with van der Waals surface area (Å²) in [6.45, 7) is 2.69. The molecule has 1 N–H and O–H groups in total. The number of rotatable bonds is 4. The van der Waals surface area contributed by atoms with Crippen LogP contribution in [0.1, 0.15) is 13.3 Å². The first-order chi connectivity index (χ1) is 6.27. The van der Waals surface area contributed by atoms with Crippen LogP contribution in [0.5, 0.6) is 17.2 Å². The zero-order chi connectivity index (χ0) is 9.68. The van der Waals surface area contributed by atoms with Gasteiger partial charge in [-0.2, -0.15) is 0 Å². The summed E-state index contributed by atoms with van der Waals surface area (Å²) in [7, 11) is 1.52. The molecule has 0 aliphatic heterocycles. The van der Waals surface area contributed by atoms with Gasteiger partial charge in [0.2, 0.25) is 0 Å². The molecule has 0 bridgehead atoms. The SMILES string of the molecule is CCCOc1ccc(OC)c(O)c1. The Bertz CT molecular complexity index is 271. The summed E-state index contributed by atoms with van der Waals surface area (Å²) in [4.78, 5) is 0. The topological polar surface area (TPSA) is 38.7 Å². The first-order valence-corrected chi connectivity index (χ1v) is 4.27. The molecule has 0 saturated heterocycles. The molecule has 0 saturated carbocycles. The van der Waals surface area contributed by atoms with E-state index in [-0.39, 0.29) is 5.75 Å². The Balaban J connectivity index is 2.71. The fourth-order valence-electron chi connectivity index (χ4n) is 0.979.